The Morgan fingerprint density at radius 2 is 2.13 bits per heavy atom. The Morgan fingerprint density at radius 3 is 2.77 bits per heavy atom. The highest BCUT2D eigenvalue weighted by atomic mass is 79.9. The summed E-state index contributed by atoms with van der Waals surface area (Å²) in [6.45, 7) is 3.92. The molecule has 1 amide bonds. The van der Waals surface area contributed by atoms with E-state index in [0.29, 0.717) is 17.3 Å². The molecule has 3 rings (SSSR count). The number of aryl methyl sites for hydroxylation is 1. The maximum Gasteiger partial charge on any atom is 0.275 e. The van der Waals surface area contributed by atoms with Gasteiger partial charge < -0.3 is 10.1 Å². The molecule has 0 aliphatic carbocycles. The fraction of sp³-hybridized carbons (Fsp3) is 0.200. The number of nitrogens with zero attached hydrogens (tertiary/aromatic N) is 3. The highest BCUT2D eigenvalue weighted by molar-refractivity contribution is 9.10. The maximum absolute atomic E-state index is 12.6. The van der Waals surface area contributed by atoms with E-state index in [2.05, 4.69) is 26.3 Å². The van der Waals surface area contributed by atoms with Crippen LogP contribution in [0, 0.1) is 23.0 Å². The number of hydrogen-bond acceptors (Lipinski definition) is 5. The smallest absolute Gasteiger partial charge is 0.275 e. The van der Waals surface area contributed by atoms with Crippen LogP contribution in [0.3, 0.4) is 0 Å². The first-order valence-electron chi connectivity index (χ1n) is 8.93. The normalized spacial score (nSPS) is 11.7. The van der Waals surface area contributed by atoms with Gasteiger partial charge in [0.1, 0.15) is 11.5 Å². The molecule has 0 saturated heterocycles. The Morgan fingerprint density at radius 1 is 1.37 bits per heavy atom. The van der Waals surface area contributed by atoms with E-state index < -0.39 is 10.8 Å². The predicted molar refractivity (Wildman–Crippen MR) is 117 cm³/mol. The molecule has 0 aliphatic rings. The molecule has 30 heavy (non-hydrogen) atoms. The highest BCUT2D eigenvalue weighted by Gasteiger charge is 2.18. The van der Waals surface area contributed by atoms with Crippen molar-refractivity contribution in [1.82, 2.24) is 9.78 Å². The van der Waals surface area contributed by atoms with Gasteiger partial charge in [-0.25, -0.2) is 0 Å². The molecule has 10 heteroatoms. The lowest BCUT2D eigenvalue weighted by molar-refractivity contribution is -0.384. The number of amides is 1. The number of halogens is 2. The molecule has 0 spiro atoms. The van der Waals surface area contributed by atoms with E-state index in [9.17, 15) is 14.9 Å². The number of rotatable bonds is 7. The number of nitrogens with one attached hydrogen (secondary N) is 1. The van der Waals surface area contributed by atoms with Crippen LogP contribution in [0.4, 0.5) is 11.4 Å². The van der Waals surface area contributed by atoms with E-state index >= 15 is 0 Å². The van der Waals surface area contributed by atoms with Crippen LogP contribution in [0.1, 0.15) is 12.5 Å². The lowest BCUT2D eigenvalue weighted by atomic mass is 10.1. The van der Waals surface area contributed by atoms with Crippen LogP contribution in [0.5, 0.6) is 11.5 Å². The Kier molecular flexibility index (Phi) is 6.73. The standard InChI is InChI=1S/C20H18BrClN4O4/c1-12-5-15(22)3-4-19(12)30-18-7-16(6-17(8-18)26(28)29)24-20(27)13(2)10-25-11-14(21)9-23-25/h3-9,11,13H,10H2,1-2H3,(H,24,27). The first-order chi connectivity index (χ1) is 14.2. The van der Waals surface area contributed by atoms with Crippen LogP contribution in [0.2, 0.25) is 5.02 Å². The zero-order chi connectivity index (χ0) is 21.8. The molecule has 1 aromatic heterocycles. The molecule has 0 fully saturated rings. The third-order valence-corrected chi connectivity index (χ3v) is 4.89. The second-order valence-corrected chi connectivity index (χ2v) is 8.11. The first-order valence-corrected chi connectivity index (χ1v) is 10.1. The third-order valence-electron chi connectivity index (χ3n) is 4.24. The summed E-state index contributed by atoms with van der Waals surface area (Å²) in [7, 11) is 0. The number of aromatic nitrogens is 2. The number of carbonyl (C=O) groups excluding carboxylic acids is 1. The largest absolute Gasteiger partial charge is 0.457 e. The monoisotopic (exact) mass is 492 g/mol. The van der Waals surface area contributed by atoms with Crippen molar-refractivity contribution in [2.24, 2.45) is 5.92 Å². The van der Waals surface area contributed by atoms with Crippen molar-refractivity contribution in [3.8, 4) is 11.5 Å². The predicted octanol–water partition coefficient (Wildman–Crippen LogP) is 5.58. The van der Waals surface area contributed by atoms with Crippen LogP contribution in [-0.2, 0) is 11.3 Å². The molecule has 8 nitrogen and oxygen atoms in total. The van der Waals surface area contributed by atoms with Crippen LogP contribution in [0.15, 0.2) is 53.3 Å². The van der Waals surface area contributed by atoms with Crippen molar-refractivity contribution in [3.05, 3.63) is 74.0 Å². The van der Waals surface area contributed by atoms with Gasteiger partial charge in [-0.05, 0) is 46.6 Å². The van der Waals surface area contributed by atoms with Crippen molar-refractivity contribution in [2.75, 3.05) is 5.32 Å². The average Bonchev–Trinajstić information content (AvgIpc) is 3.08. The average molecular weight is 494 g/mol. The van der Waals surface area contributed by atoms with Gasteiger partial charge in [-0.2, -0.15) is 5.10 Å². The Labute approximate surface area is 186 Å². The minimum atomic E-state index is -0.540. The number of anilines is 1. The second kappa shape index (κ2) is 9.27. The van der Waals surface area contributed by atoms with Gasteiger partial charge in [0.15, 0.2) is 0 Å². The number of non-ortho nitro benzene ring substituents is 1. The van der Waals surface area contributed by atoms with Gasteiger partial charge in [-0.3, -0.25) is 19.6 Å². The SMILES string of the molecule is Cc1cc(Cl)ccc1Oc1cc(NC(=O)C(C)Cn2cc(Br)cn2)cc([N+](=O)[O-])c1. The van der Waals surface area contributed by atoms with Gasteiger partial charge >= 0.3 is 0 Å². The maximum atomic E-state index is 12.6. The topological polar surface area (TPSA) is 99.3 Å². The fourth-order valence-corrected chi connectivity index (χ4v) is 3.30. The van der Waals surface area contributed by atoms with Gasteiger partial charge in [0.25, 0.3) is 5.69 Å². The summed E-state index contributed by atoms with van der Waals surface area (Å²) < 4.78 is 8.25. The molecule has 0 aliphatic heterocycles. The summed E-state index contributed by atoms with van der Waals surface area (Å²) in [6, 6.07) is 9.20. The second-order valence-electron chi connectivity index (χ2n) is 6.76. The summed E-state index contributed by atoms with van der Waals surface area (Å²) in [5.41, 5.74) is 0.848. The molecule has 0 saturated carbocycles. The summed E-state index contributed by atoms with van der Waals surface area (Å²) >= 11 is 9.27. The summed E-state index contributed by atoms with van der Waals surface area (Å²) in [5.74, 6) is 0.0260. The molecule has 1 unspecified atom stereocenters. The van der Waals surface area contributed by atoms with Crippen molar-refractivity contribution >= 4 is 44.8 Å². The molecular formula is C20H18BrClN4O4. The zero-order valence-corrected chi connectivity index (χ0v) is 18.5. The fourth-order valence-electron chi connectivity index (χ4n) is 2.74. The highest BCUT2D eigenvalue weighted by Crippen LogP contribution is 2.32. The van der Waals surface area contributed by atoms with Crippen LogP contribution >= 0.6 is 27.5 Å². The minimum absolute atomic E-state index is 0.196. The van der Waals surface area contributed by atoms with Crippen LogP contribution in [-0.4, -0.2) is 20.6 Å². The zero-order valence-electron chi connectivity index (χ0n) is 16.1. The molecule has 1 atom stereocenters. The van der Waals surface area contributed by atoms with Crippen molar-refractivity contribution in [1.29, 1.82) is 0 Å². The Hall–Kier alpha value is -2.91. The van der Waals surface area contributed by atoms with E-state index in [1.54, 1.807) is 42.2 Å². The van der Waals surface area contributed by atoms with E-state index in [-0.39, 0.29) is 23.0 Å². The van der Waals surface area contributed by atoms with Gasteiger partial charge in [0.05, 0.1) is 39.8 Å². The molecule has 0 bridgehead atoms. The van der Waals surface area contributed by atoms with Crippen molar-refractivity contribution in [2.45, 2.75) is 20.4 Å². The van der Waals surface area contributed by atoms with Gasteiger partial charge in [0, 0.05) is 23.4 Å². The van der Waals surface area contributed by atoms with Crippen LogP contribution in [0.25, 0.3) is 0 Å². The lowest BCUT2D eigenvalue weighted by Gasteiger charge is -2.14. The molecule has 1 N–H and O–H groups in total. The summed E-state index contributed by atoms with van der Waals surface area (Å²) in [6.07, 6.45) is 3.39. The van der Waals surface area contributed by atoms with E-state index in [0.717, 1.165) is 10.0 Å². The Bertz CT molecular complexity index is 1100. The number of nitro groups is 1. The Balaban J connectivity index is 1.79. The minimum Gasteiger partial charge on any atom is -0.457 e. The van der Waals surface area contributed by atoms with Crippen LogP contribution < -0.4 is 10.1 Å². The van der Waals surface area contributed by atoms with E-state index in [4.69, 9.17) is 16.3 Å². The first kappa shape index (κ1) is 21.8. The third kappa shape index (κ3) is 5.58. The van der Waals surface area contributed by atoms with Gasteiger partial charge in [0.2, 0.25) is 5.91 Å². The number of nitro benzene ring substituents is 1. The summed E-state index contributed by atoms with van der Waals surface area (Å²) in [4.78, 5) is 23.4. The molecule has 0 radical (unpaired) electrons. The van der Waals surface area contributed by atoms with Gasteiger partial charge in [-0.1, -0.05) is 18.5 Å². The molecule has 1 heterocycles. The molecular weight excluding hydrogens is 476 g/mol. The quantitative estimate of drug-likeness (QED) is 0.342. The molecule has 2 aromatic carbocycles. The van der Waals surface area contributed by atoms with E-state index in [1.165, 1.54) is 18.2 Å². The molecule has 3 aromatic rings. The van der Waals surface area contributed by atoms with E-state index in [1.807, 2.05) is 6.92 Å². The van der Waals surface area contributed by atoms with Gasteiger partial charge in [-0.15, -0.1) is 0 Å². The number of carbonyl (C=O) groups is 1. The van der Waals surface area contributed by atoms with Crippen molar-refractivity contribution in [3.63, 3.8) is 0 Å². The molecule has 156 valence electrons. The number of benzene rings is 2. The summed E-state index contributed by atoms with van der Waals surface area (Å²) in [5, 5.41) is 18.7. The van der Waals surface area contributed by atoms with Crippen molar-refractivity contribution < 1.29 is 14.5 Å². The lowest BCUT2D eigenvalue weighted by Crippen LogP contribution is -2.24. The number of ether oxygens (including phenoxy) is 1. The number of hydrogen-bond donors (Lipinski definition) is 1.